The topological polar surface area (TPSA) is 69.7 Å². The van der Waals surface area contributed by atoms with Crippen molar-refractivity contribution in [3.05, 3.63) is 12.7 Å². The number of ketones is 1. The number of carbonyl (C=O) groups is 3. The highest BCUT2D eigenvalue weighted by Crippen LogP contribution is 2.29. The zero-order chi connectivity index (χ0) is 18.6. The summed E-state index contributed by atoms with van der Waals surface area (Å²) in [6, 6.07) is 0. The van der Waals surface area contributed by atoms with Crippen molar-refractivity contribution in [3.8, 4) is 0 Å². The van der Waals surface area contributed by atoms with E-state index in [2.05, 4.69) is 6.58 Å². The Morgan fingerprint density at radius 1 is 1.09 bits per heavy atom. The fourth-order valence-electron chi connectivity index (χ4n) is 1.50. The molecule has 0 aliphatic carbocycles. The zero-order valence-electron chi connectivity index (χ0n) is 15.6. The van der Waals surface area contributed by atoms with Gasteiger partial charge in [0.15, 0.2) is 0 Å². The van der Waals surface area contributed by atoms with Crippen LogP contribution in [0.2, 0.25) is 39.3 Å². The summed E-state index contributed by atoms with van der Waals surface area (Å²) >= 11 is 0. The van der Waals surface area contributed by atoms with E-state index in [-0.39, 0.29) is 5.73 Å². The molecule has 0 aromatic carbocycles. The Bertz CT molecular complexity index is 488. The SMILES string of the molecule is C=CCC(C)(OC(=O)C(=O)C(=O)OC(C)[Si](C)(C)C)[Si](C)(C)C. The molecule has 0 bridgehead atoms. The maximum Gasteiger partial charge on any atom is 0.387 e. The van der Waals surface area contributed by atoms with Crippen LogP contribution in [0.1, 0.15) is 20.3 Å². The molecule has 5 nitrogen and oxygen atoms in total. The van der Waals surface area contributed by atoms with Gasteiger partial charge >= 0.3 is 17.7 Å². The van der Waals surface area contributed by atoms with Gasteiger partial charge in [-0.2, -0.15) is 0 Å². The Kier molecular flexibility index (Phi) is 7.17. The van der Waals surface area contributed by atoms with E-state index in [9.17, 15) is 14.4 Å². The molecule has 0 rings (SSSR count). The van der Waals surface area contributed by atoms with Crippen molar-refractivity contribution in [3.63, 3.8) is 0 Å². The largest absolute Gasteiger partial charge is 0.460 e. The van der Waals surface area contributed by atoms with E-state index in [1.54, 1.807) is 19.9 Å². The molecule has 0 aliphatic rings. The predicted octanol–water partition coefficient (Wildman–Crippen LogP) is 3.12. The minimum absolute atomic E-state index is 0.358. The summed E-state index contributed by atoms with van der Waals surface area (Å²) in [5.41, 5.74) is -0.358. The lowest BCUT2D eigenvalue weighted by Crippen LogP contribution is -2.54. The minimum atomic E-state index is -1.95. The Hall–Kier alpha value is -1.22. The summed E-state index contributed by atoms with van der Waals surface area (Å²) in [6.45, 7) is 19.3. The van der Waals surface area contributed by atoms with Gasteiger partial charge in [-0.3, -0.25) is 4.79 Å². The first kappa shape index (κ1) is 21.8. The Morgan fingerprint density at radius 2 is 1.57 bits per heavy atom. The molecule has 7 heteroatoms. The molecule has 0 N–H and O–H groups in total. The Balaban J connectivity index is 5.06. The van der Waals surface area contributed by atoms with Crippen LogP contribution in [0.15, 0.2) is 12.7 Å². The fraction of sp³-hybridized carbons (Fsp3) is 0.688. The molecule has 0 fully saturated rings. The van der Waals surface area contributed by atoms with Crippen molar-refractivity contribution in [1.29, 1.82) is 0 Å². The standard InChI is InChI=1S/C16H30O5Si2/c1-10-11-16(3,23(7,8)9)21-15(19)13(17)14(18)20-12(2)22(4,5)6/h10,12H,1,11H2,2-9H3. The first-order valence-corrected chi connectivity index (χ1v) is 14.8. The van der Waals surface area contributed by atoms with Crippen LogP contribution in [0.3, 0.4) is 0 Å². The molecule has 0 radical (unpaired) electrons. The first-order valence-electron chi connectivity index (χ1n) is 7.75. The Labute approximate surface area is 141 Å². The van der Waals surface area contributed by atoms with Gasteiger partial charge in [0.05, 0.1) is 21.9 Å². The number of ether oxygens (including phenoxy) is 2. The normalized spacial score (nSPS) is 16.0. The summed E-state index contributed by atoms with van der Waals surface area (Å²) in [6.07, 6.45) is 2.09. The van der Waals surface area contributed by atoms with Crippen LogP contribution in [-0.4, -0.2) is 44.8 Å². The van der Waals surface area contributed by atoms with E-state index in [1.807, 2.05) is 39.3 Å². The number of hydrogen-bond acceptors (Lipinski definition) is 5. The molecule has 0 amide bonds. The molecule has 0 saturated carbocycles. The molecule has 0 spiro atoms. The van der Waals surface area contributed by atoms with Gasteiger partial charge in [-0.05, 0) is 13.8 Å². The van der Waals surface area contributed by atoms with E-state index >= 15 is 0 Å². The van der Waals surface area contributed by atoms with Gasteiger partial charge in [-0.1, -0.05) is 45.4 Å². The minimum Gasteiger partial charge on any atom is -0.460 e. The molecule has 23 heavy (non-hydrogen) atoms. The second-order valence-corrected chi connectivity index (χ2v) is 19.2. The average Bonchev–Trinajstić information content (AvgIpc) is 2.35. The third kappa shape index (κ3) is 6.06. The van der Waals surface area contributed by atoms with E-state index in [4.69, 9.17) is 9.47 Å². The lowest BCUT2D eigenvalue weighted by molar-refractivity contribution is -0.168. The molecule has 0 aromatic rings. The van der Waals surface area contributed by atoms with Gasteiger partial charge in [-0.15, -0.1) is 6.58 Å². The third-order valence-electron chi connectivity index (χ3n) is 4.31. The second kappa shape index (κ2) is 7.57. The van der Waals surface area contributed by atoms with Gasteiger partial charge in [0.25, 0.3) is 0 Å². The highest BCUT2D eigenvalue weighted by atomic mass is 28.3. The number of hydrogen-bond donors (Lipinski definition) is 0. The van der Waals surface area contributed by atoms with Crippen LogP contribution in [0, 0.1) is 0 Å². The summed E-state index contributed by atoms with van der Waals surface area (Å²) in [5.74, 6) is -3.53. The summed E-state index contributed by atoms with van der Waals surface area (Å²) in [4.78, 5) is 35.9. The van der Waals surface area contributed by atoms with Crippen LogP contribution < -0.4 is 0 Å². The Morgan fingerprint density at radius 3 is 1.91 bits per heavy atom. The van der Waals surface area contributed by atoms with Gasteiger partial charge < -0.3 is 9.47 Å². The second-order valence-electron chi connectivity index (χ2n) is 8.11. The van der Waals surface area contributed by atoms with Crippen molar-refractivity contribution >= 4 is 33.9 Å². The number of Topliss-reactive ketones (excluding diaryl/α,β-unsaturated/α-hetero) is 1. The van der Waals surface area contributed by atoms with Crippen LogP contribution in [0.5, 0.6) is 0 Å². The van der Waals surface area contributed by atoms with Crippen molar-refractivity contribution in [2.75, 3.05) is 0 Å². The lowest BCUT2D eigenvalue weighted by Gasteiger charge is -2.38. The maximum atomic E-state index is 12.1. The molecular weight excluding hydrogens is 328 g/mol. The highest BCUT2D eigenvalue weighted by molar-refractivity contribution is 6.79. The molecule has 2 atom stereocenters. The number of rotatable bonds is 8. The van der Waals surface area contributed by atoms with Crippen LogP contribution in [0.4, 0.5) is 0 Å². The monoisotopic (exact) mass is 358 g/mol. The molecule has 2 unspecified atom stereocenters. The van der Waals surface area contributed by atoms with Gasteiger partial charge in [-0.25, -0.2) is 9.59 Å². The molecule has 0 aliphatic heterocycles. The molecular formula is C16H30O5Si2. The van der Waals surface area contributed by atoms with Crippen molar-refractivity contribution in [1.82, 2.24) is 0 Å². The molecule has 0 saturated heterocycles. The van der Waals surface area contributed by atoms with E-state index in [0.717, 1.165) is 0 Å². The van der Waals surface area contributed by atoms with Crippen molar-refractivity contribution in [2.45, 2.75) is 70.5 Å². The maximum absolute atomic E-state index is 12.1. The molecule has 0 heterocycles. The summed E-state index contributed by atoms with van der Waals surface area (Å²) < 4.78 is 10.5. The van der Waals surface area contributed by atoms with Crippen LogP contribution >= 0.6 is 0 Å². The summed E-state index contributed by atoms with van der Waals surface area (Å²) in [7, 11) is -3.70. The van der Waals surface area contributed by atoms with Crippen LogP contribution in [0.25, 0.3) is 0 Å². The highest BCUT2D eigenvalue weighted by Gasteiger charge is 2.44. The summed E-state index contributed by atoms with van der Waals surface area (Å²) in [5, 5.41) is -0.799. The van der Waals surface area contributed by atoms with Gasteiger partial charge in [0, 0.05) is 6.42 Å². The smallest absolute Gasteiger partial charge is 0.387 e. The third-order valence-corrected chi connectivity index (χ3v) is 10.3. The first-order chi connectivity index (χ1) is 10.2. The zero-order valence-corrected chi connectivity index (χ0v) is 17.6. The van der Waals surface area contributed by atoms with E-state index in [0.29, 0.717) is 6.42 Å². The van der Waals surface area contributed by atoms with Crippen molar-refractivity contribution in [2.24, 2.45) is 0 Å². The fourth-order valence-corrected chi connectivity index (χ4v) is 3.12. The number of carbonyl (C=O) groups excluding carboxylic acids is 3. The van der Waals surface area contributed by atoms with Gasteiger partial charge in [0.2, 0.25) is 0 Å². The van der Waals surface area contributed by atoms with Gasteiger partial charge in [0.1, 0.15) is 5.22 Å². The van der Waals surface area contributed by atoms with Crippen molar-refractivity contribution < 1.29 is 23.9 Å². The molecule has 132 valence electrons. The van der Waals surface area contributed by atoms with E-state index in [1.165, 1.54) is 0 Å². The lowest BCUT2D eigenvalue weighted by atomic mass is 10.2. The quantitative estimate of drug-likeness (QED) is 0.219. The van der Waals surface area contributed by atoms with E-state index < -0.39 is 39.1 Å². The average molecular weight is 359 g/mol. The molecule has 0 aromatic heterocycles. The van der Waals surface area contributed by atoms with Crippen LogP contribution in [-0.2, 0) is 23.9 Å². The number of esters is 2. The predicted molar refractivity (Wildman–Crippen MR) is 96.6 cm³/mol.